The van der Waals surface area contributed by atoms with Crippen molar-refractivity contribution in [2.75, 3.05) is 0 Å². The third-order valence-electron chi connectivity index (χ3n) is 3.68. The molecule has 0 atom stereocenters. The Morgan fingerprint density at radius 3 is 1.31 bits per heavy atom. The van der Waals surface area contributed by atoms with Gasteiger partial charge in [-0.3, -0.25) is 0 Å². The van der Waals surface area contributed by atoms with E-state index in [1.54, 1.807) is 0 Å². The molecule has 74 valence electrons. The lowest BCUT2D eigenvalue weighted by Crippen LogP contribution is -2.15. The Labute approximate surface area is 83.1 Å². The summed E-state index contributed by atoms with van der Waals surface area (Å²) in [4.78, 5) is 0. The van der Waals surface area contributed by atoms with Crippen molar-refractivity contribution >= 4 is 0 Å². The van der Waals surface area contributed by atoms with Crippen molar-refractivity contribution in [2.24, 2.45) is 11.8 Å². The molecule has 2 radical (unpaired) electrons. The summed E-state index contributed by atoms with van der Waals surface area (Å²) in [6, 6.07) is 0. The average Bonchev–Trinajstić information content (AvgIpc) is 2.21. The average molecular weight is 167 g/mol. The first-order valence-electron chi connectivity index (χ1n) is 6.21. The Hall–Kier alpha value is 0. The summed E-state index contributed by atoms with van der Waals surface area (Å²) < 4.78 is 0. The molecule has 0 spiro atoms. The maximum Gasteiger partial charge on any atom is -0.0106 e. The number of hydrogen-bond donors (Lipinski definition) is 0. The van der Waals surface area contributed by atoms with E-state index in [2.05, 4.69) is 6.42 Å². The monoisotopic (exact) mass is 167 g/mol. The van der Waals surface area contributed by atoms with Gasteiger partial charge in [-0.2, -0.15) is 0 Å². The molecule has 0 aromatic rings. The second-order valence-electron chi connectivity index (χ2n) is 4.84. The maximum atomic E-state index is 3.86. The highest BCUT2D eigenvalue weighted by molar-refractivity contribution is 4.86. The standard InChI is InChI=1S/C13H22/c1-3-7-12(8-4-1)11-13-9-5-2-6-10-13/h12-13H,1-10H2/i11-11. The molecule has 0 nitrogen and oxygen atoms in total. The van der Waals surface area contributed by atoms with Gasteiger partial charge >= 0.3 is 0 Å². The van der Waals surface area contributed by atoms with Crippen molar-refractivity contribution in [1.82, 2.24) is 0 Å². The Bertz CT molecular complexity index is 111. The third kappa shape index (κ3) is 3.00. The molecule has 0 N–H and O–H groups in total. The van der Waals surface area contributed by atoms with Crippen LogP contribution in [0.25, 0.3) is 0 Å². The zero-order valence-electron chi connectivity index (χ0n) is 8.73. The summed E-state index contributed by atoms with van der Waals surface area (Å²) >= 11 is 0. The van der Waals surface area contributed by atoms with Crippen LogP contribution in [0.15, 0.2) is 0 Å². The van der Waals surface area contributed by atoms with Crippen LogP contribution in [-0.2, 0) is 0 Å². The summed E-state index contributed by atoms with van der Waals surface area (Å²) in [6.45, 7) is 0. The van der Waals surface area contributed by atoms with E-state index in [4.69, 9.17) is 0 Å². The van der Waals surface area contributed by atoms with Crippen molar-refractivity contribution in [3.05, 3.63) is 6.42 Å². The van der Waals surface area contributed by atoms with Crippen molar-refractivity contribution < 1.29 is 0 Å². The molecule has 2 aliphatic rings. The minimum Gasteiger partial charge on any atom is -0.0533 e. The van der Waals surface area contributed by atoms with Crippen LogP contribution in [0.4, 0.5) is 0 Å². The molecule has 2 saturated carbocycles. The molecule has 2 fully saturated rings. The smallest absolute Gasteiger partial charge is 0.0106 e. The molecule has 0 aliphatic heterocycles. The van der Waals surface area contributed by atoms with Gasteiger partial charge in [-0.1, -0.05) is 38.5 Å². The Morgan fingerprint density at radius 1 is 0.538 bits per heavy atom. The molecule has 0 amide bonds. The molecule has 2 aliphatic carbocycles. The SMILES string of the molecule is C1CCC([1C]C2CCCCC2)CC1. The van der Waals surface area contributed by atoms with Gasteiger partial charge in [0.15, 0.2) is 0 Å². The van der Waals surface area contributed by atoms with Gasteiger partial charge in [-0.15, -0.1) is 0 Å². The van der Waals surface area contributed by atoms with E-state index >= 15 is 0 Å². The first-order valence-corrected chi connectivity index (χ1v) is 6.21. The van der Waals surface area contributed by atoms with E-state index in [9.17, 15) is 0 Å². The van der Waals surface area contributed by atoms with E-state index < -0.39 is 0 Å². The molecule has 0 unspecified atom stereocenters. The molecule has 0 heteroatoms. The molecular weight excluding hydrogens is 145 g/mol. The minimum absolute atomic E-state index is 0.872. The third-order valence-corrected chi connectivity index (χ3v) is 3.68. The molecule has 0 aromatic heterocycles. The van der Waals surface area contributed by atoms with Crippen LogP contribution >= 0.6 is 0 Å². The Balaban J connectivity index is 1.69. The van der Waals surface area contributed by atoms with Crippen LogP contribution in [0, 0.1) is 18.3 Å². The first kappa shape index (κ1) is 9.55. The van der Waals surface area contributed by atoms with Gasteiger partial charge < -0.3 is 0 Å². The maximum absolute atomic E-state index is 3.86. The fourth-order valence-corrected chi connectivity index (χ4v) is 2.87. The lowest BCUT2D eigenvalue weighted by Gasteiger charge is -2.28. The van der Waals surface area contributed by atoms with Crippen LogP contribution in [0.3, 0.4) is 0 Å². The largest absolute Gasteiger partial charge is 0.0533 e. The molecule has 0 aromatic carbocycles. The molecule has 13 heavy (non-hydrogen) atoms. The normalized spacial score (nSPS) is 27.7. The first-order chi connectivity index (χ1) is 6.45. The Morgan fingerprint density at radius 2 is 0.923 bits per heavy atom. The van der Waals surface area contributed by atoms with Gasteiger partial charge in [-0.25, -0.2) is 0 Å². The zero-order valence-corrected chi connectivity index (χ0v) is 8.73. The van der Waals surface area contributed by atoms with E-state index in [-0.39, 0.29) is 0 Å². The lowest BCUT2D eigenvalue weighted by molar-refractivity contribution is 0.319. The molecular formula is C13H22. The fraction of sp³-hybridized carbons (Fsp3) is 0.923. The minimum atomic E-state index is 0.872. The van der Waals surface area contributed by atoms with E-state index in [0.29, 0.717) is 0 Å². The van der Waals surface area contributed by atoms with E-state index in [0.717, 1.165) is 11.8 Å². The van der Waals surface area contributed by atoms with Crippen LogP contribution in [0.2, 0.25) is 0 Å². The van der Waals surface area contributed by atoms with Crippen molar-refractivity contribution in [3.8, 4) is 0 Å². The van der Waals surface area contributed by atoms with Crippen molar-refractivity contribution in [3.63, 3.8) is 0 Å². The molecule has 0 heterocycles. The predicted octanol–water partition coefficient (Wildman–Crippen LogP) is 4.23. The second-order valence-corrected chi connectivity index (χ2v) is 4.84. The fourth-order valence-electron chi connectivity index (χ4n) is 2.87. The topological polar surface area (TPSA) is 0 Å². The van der Waals surface area contributed by atoms with Gasteiger partial charge in [-0.05, 0) is 43.9 Å². The van der Waals surface area contributed by atoms with Crippen LogP contribution in [0.1, 0.15) is 64.2 Å². The summed E-state index contributed by atoms with van der Waals surface area (Å²) in [5.41, 5.74) is 0. The molecule has 2 rings (SSSR count). The van der Waals surface area contributed by atoms with Crippen LogP contribution < -0.4 is 0 Å². The van der Waals surface area contributed by atoms with Gasteiger partial charge in [0, 0.05) is 0 Å². The predicted molar refractivity (Wildman–Crippen MR) is 56.4 cm³/mol. The van der Waals surface area contributed by atoms with Gasteiger partial charge in [0.2, 0.25) is 0 Å². The zero-order chi connectivity index (χ0) is 8.93. The Kier molecular flexibility index (Phi) is 3.69. The van der Waals surface area contributed by atoms with Gasteiger partial charge in [0.1, 0.15) is 0 Å². The summed E-state index contributed by atoms with van der Waals surface area (Å²) in [7, 11) is 0. The summed E-state index contributed by atoms with van der Waals surface area (Å²) in [5.74, 6) is 1.74. The van der Waals surface area contributed by atoms with E-state index in [1.165, 1.54) is 64.2 Å². The number of hydrogen-bond acceptors (Lipinski definition) is 0. The highest BCUT2D eigenvalue weighted by Crippen LogP contribution is 2.34. The molecule has 0 saturated heterocycles. The van der Waals surface area contributed by atoms with E-state index in [1.807, 2.05) is 0 Å². The summed E-state index contributed by atoms with van der Waals surface area (Å²) in [6.07, 6.45) is 18.4. The van der Waals surface area contributed by atoms with Crippen LogP contribution in [-0.4, -0.2) is 0 Å². The van der Waals surface area contributed by atoms with Crippen molar-refractivity contribution in [2.45, 2.75) is 64.2 Å². The second kappa shape index (κ2) is 5.02. The molecule has 0 bridgehead atoms. The van der Waals surface area contributed by atoms with Crippen molar-refractivity contribution in [1.29, 1.82) is 0 Å². The highest BCUT2D eigenvalue weighted by atomic mass is 14.0. The van der Waals surface area contributed by atoms with Gasteiger partial charge in [0.05, 0.1) is 0 Å². The lowest BCUT2D eigenvalue weighted by atomic mass is 0.818. The quantitative estimate of drug-likeness (QED) is 0.577. The summed E-state index contributed by atoms with van der Waals surface area (Å²) in [5, 5.41) is 0. The van der Waals surface area contributed by atoms with Crippen LogP contribution in [0.5, 0.6) is 0 Å². The van der Waals surface area contributed by atoms with Gasteiger partial charge in [0.25, 0.3) is 0 Å². The highest BCUT2D eigenvalue weighted by Gasteiger charge is 2.20. The number of rotatable bonds is 2.